The average molecular weight is 267 g/mol. The van der Waals surface area contributed by atoms with Gasteiger partial charge in [0.15, 0.2) is 9.84 Å². The Hall–Kier alpha value is -1.36. The Morgan fingerprint density at radius 2 is 2.06 bits per heavy atom. The number of carbonyl (C=O) groups excluding carboxylic acids is 1. The highest BCUT2D eigenvalue weighted by Gasteiger charge is 2.29. The van der Waals surface area contributed by atoms with Gasteiger partial charge in [-0.2, -0.15) is 0 Å². The second-order valence-electron chi connectivity index (χ2n) is 4.82. The Kier molecular flexibility index (Phi) is 3.43. The van der Waals surface area contributed by atoms with Crippen molar-refractivity contribution in [1.82, 2.24) is 5.32 Å². The molecule has 0 aliphatic carbocycles. The predicted molar refractivity (Wildman–Crippen MR) is 70.4 cm³/mol. The molecular weight excluding hydrogens is 250 g/mol. The van der Waals surface area contributed by atoms with Gasteiger partial charge in [0.05, 0.1) is 11.5 Å². The molecule has 0 aromatic heterocycles. The van der Waals surface area contributed by atoms with E-state index in [9.17, 15) is 13.2 Å². The molecule has 1 aromatic carbocycles. The maximum absolute atomic E-state index is 12.1. The number of carbonyl (C=O) groups is 1. The van der Waals surface area contributed by atoms with Crippen molar-refractivity contribution in [3.63, 3.8) is 0 Å². The van der Waals surface area contributed by atoms with Gasteiger partial charge in [-0.05, 0) is 37.5 Å². The van der Waals surface area contributed by atoms with Crippen LogP contribution < -0.4 is 5.32 Å². The van der Waals surface area contributed by atoms with E-state index >= 15 is 0 Å². The molecule has 0 radical (unpaired) electrons. The molecule has 1 unspecified atom stereocenters. The normalized spacial score (nSPS) is 21.8. The van der Waals surface area contributed by atoms with E-state index in [1.165, 1.54) is 0 Å². The minimum atomic E-state index is -2.96. The SMILES string of the molecule is Cc1cccc(C(=O)NC2CCS(=O)(=O)C2)c1C. The summed E-state index contributed by atoms with van der Waals surface area (Å²) < 4.78 is 22.7. The molecule has 1 aliphatic rings. The van der Waals surface area contributed by atoms with Crippen molar-refractivity contribution in [3.8, 4) is 0 Å². The van der Waals surface area contributed by atoms with Crippen molar-refractivity contribution in [1.29, 1.82) is 0 Å². The standard InChI is InChI=1S/C13H17NO3S/c1-9-4-3-5-12(10(9)2)13(15)14-11-6-7-18(16,17)8-11/h3-5,11H,6-8H2,1-2H3,(H,14,15). The highest BCUT2D eigenvalue weighted by molar-refractivity contribution is 7.91. The minimum Gasteiger partial charge on any atom is -0.348 e. The molecule has 18 heavy (non-hydrogen) atoms. The first-order chi connectivity index (χ1) is 8.39. The lowest BCUT2D eigenvalue weighted by Gasteiger charge is -2.13. The molecule has 0 bridgehead atoms. The molecule has 1 amide bonds. The third-order valence-corrected chi connectivity index (χ3v) is 5.18. The lowest BCUT2D eigenvalue weighted by atomic mass is 10.0. The summed E-state index contributed by atoms with van der Waals surface area (Å²) in [4.78, 5) is 12.1. The quantitative estimate of drug-likeness (QED) is 0.876. The van der Waals surface area contributed by atoms with Crippen LogP contribution in [-0.4, -0.2) is 31.9 Å². The summed E-state index contributed by atoms with van der Waals surface area (Å²) in [6.45, 7) is 3.85. The Labute approximate surface area is 107 Å². The molecule has 0 saturated carbocycles. The van der Waals surface area contributed by atoms with E-state index in [1.54, 1.807) is 6.07 Å². The Balaban J connectivity index is 2.11. The van der Waals surface area contributed by atoms with Gasteiger partial charge in [0, 0.05) is 11.6 Å². The lowest BCUT2D eigenvalue weighted by Crippen LogP contribution is -2.36. The molecule has 98 valence electrons. The Morgan fingerprint density at radius 3 is 2.67 bits per heavy atom. The van der Waals surface area contributed by atoms with Crippen molar-refractivity contribution in [2.45, 2.75) is 26.3 Å². The van der Waals surface area contributed by atoms with Crippen LogP contribution in [0.15, 0.2) is 18.2 Å². The molecule has 1 saturated heterocycles. The van der Waals surface area contributed by atoms with Crippen LogP contribution in [0.25, 0.3) is 0 Å². The number of hydrogen-bond donors (Lipinski definition) is 1. The van der Waals surface area contributed by atoms with Gasteiger partial charge >= 0.3 is 0 Å². The third kappa shape index (κ3) is 2.72. The van der Waals surface area contributed by atoms with E-state index in [-0.39, 0.29) is 23.5 Å². The van der Waals surface area contributed by atoms with Gasteiger partial charge in [-0.1, -0.05) is 12.1 Å². The van der Waals surface area contributed by atoms with Crippen LogP contribution in [0.5, 0.6) is 0 Å². The van der Waals surface area contributed by atoms with Crippen LogP contribution in [0.1, 0.15) is 27.9 Å². The largest absolute Gasteiger partial charge is 0.348 e. The van der Waals surface area contributed by atoms with Crippen molar-refractivity contribution in [2.75, 3.05) is 11.5 Å². The number of nitrogens with one attached hydrogen (secondary N) is 1. The summed E-state index contributed by atoms with van der Waals surface area (Å²) in [6.07, 6.45) is 0.513. The number of benzene rings is 1. The highest BCUT2D eigenvalue weighted by atomic mass is 32.2. The fourth-order valence-corrected chi connectivity index (χ4v) is 3.84. The molecule has 1 fully saturated rings. The summed E-state index contributed by atoms with van der Waals surface area (Å²) in [7, 11) is -2.96. The first-order valence-electron chi connectivity index (χ1n) is 5.96. The predicted octanol–water partition coefficient (Wildman–Crippen LogP) is 1.22. The molecule has 4 nitrogen and oxygen atoms in total. The van der Waals surface area contributed by atoms with Crippen LogP contribution in [0.3, 0.4) is 0 Å². The van der Waals surface area contributed by atoms with Gasteiger partial charge in [-0.3, -0.25) is 4.79 Å². The van der Waals surface area contributed by atoms with Crippen LogP contribution in [0.2, 0.25) is 0 Å². The van der Waals surface area contributed by atoms with Crippen LogP contribution in [0, 0.1) is 13.8 Å². The van der Waals surface area contributed by atoms with Crippen LogP contribution in [0.4, 0.5) is 0 Å². The maximum Gasteiger partial charge on any atom is 0.251 e. The fraction of sp³-hybridized carbons (Fsp3) is 0.462. The monoisotopic (exact) mass is 267 g/mol. The van der Waals surface area contributed by atoms with Gasteiger partial charge in [0.1, 0.15) is 0 Å². The molecular formula is C13H17NO3S. The second kappa shape index (κ2) is 4.72. The Bertz CT molecular complexity index is 578. The summed E-state index contributed by atoms with van der Waals surface area (Å²) in [5, 5.41) is 2.80. The Morgan fingerprint density at radius 1 is 1.33 bits per heavy atom. The van der Waals surface area contributed by atoms with E-state index in [4.69, 9.17) is 0 Å². The van der Waals surface area contributed by atoms with Crippen LogP contribution in [-0.2, 0) is 9.84 Å². The molecule has 0 spiro atoms. The molecule has 2 rings (SSSR count). The van der Waals surface area contributed by atoms with Crippen molar-refractivity contribution in [2.24, 2.45) is 0 Å². The molecule has 1 aliphatic heterocycles. The first-order valence-corrected chi connectivity index (χ1v) is 7.79. The number of amides is 1. The molecule has 1 N–H and O–H groups in total. The van der Waals surface area contributed by atoms with Gasteiger partial charge in [0.2, 0.25) is 0 Å². The van der Waals surface area contributed by atoms with Crippen molar-refractivity contribution >= 4 is 15.7 Å². The zero-order chi connectivity index (χ0) is 13.3. The molecule has 1 aromatic rings. The van der Waals surface area contributed by atoms with E-state index < -0.39 is 9.84 Å². The van der Waals surface area contributed by atoms with Gasteiger partial charge in [-0.25, -0.2) is 8.42 Å². The lowest BCUT2D eigenvalue weighted by molar-refractivity contribution is 0.0940. The van der Waals surface area contributed by atoms with Gasteiger partial charge in [-0.15, -0.1) is 0 Å². The summed E-state index contributed by atoms with van der Waals surface area (Å²) in [5.41, 5.74) is 2.62. The van der Waals surface area contributed by atoms with E-state index in [0.717, 1.165) is 11.1 Å². The zero-order valence-electron chi connectivity index (χ0n) is 10.6. The third-order valence-electron chi connectivity index (χ3n) is 3.42. The number of rotatable bonds is 2. The zero-order valence-corrected chi connectivity index (χ0v) is 11.4. The van der Waals surface area contributed by atoms with E-state index in [0.29, 0.717) is 12.0 Å². The molecule has 1 atom stereocenters. The number of hydrogen-bond acceptors (Lipinski definition) is 3. The smallest absolute Gasteiger partial charge is 0.251 e. The second-order valence-corrected chi connectivity index (χ2v) is 7.05. The highest BCUT2D eigenvalue weighted by Crippen LogP contribution is 2.15. The molecule has 1 heterocycles. The summed E-state index contributed by atoms with van der Waals surface area (Å²) in [5.74, 6) is 0.0484. The van der Waals surface area contributed by atoms with Gasteiger partial charge in [0.25, 0.3) is 5.91 Å². The average Bonchev–Trinajstić information content (AvgIpc) is 2.62. The number of sulfone groups is 1. The molecule has 5 heteroatoms. The number of aryl methyl sites for hydroxylation is 1. The topological polar surface area (TPSA) is 63.2 Å². The maximum atomic E-state index is 12.1. The minimum absolute atomic E-state index is 0.0591. The summed E-state index contributed by atoms with van der Waals surface area (Å²) >= 11 is 0. The van der Waals surface area contributed by atoms with Crippen molar-refractivity contribution in [3.05, 3.63) is 34.9 Å². The van der Waals surface area contributed by atoms with Crippen LogP contribution >= 0.6 is 0 Å². The van der Waals surface area contributed by atoms with Gasteiger partial charge < -0.3 is 5.32 Å². The van der Waals surface area contributed by atoms with Crippen molar-refractivity contribution < 1.29 is 13.2 Å². The van der Waals surface area contributed by atoms with E-state index in [1.807, 2.05) is 26.0 Å². The first kappa shape index (κ1) is 13.1. The van der Waals surface area contributed by atoms with E-state index in [2.05, 4.69) is 5.32 Å². The fourth-order valence-electron chi connectivity index (χ4n) is 2.17. The summed E-state index contributed by atoms with van der Waals surface area (Å²) in [6, 6.07) is 5.30.